The van der Waals surface area contributed by atoms with Crippen LogP contribution in [0.4, 0.5) is 0 Å². The number of nitrogens with zero attached hydrogens (tertiary/aromatic N) is 4. The molecule has 1 aliphatic heterocycles. The van der Waals surface area contributed by atoms with E-state index < -0.39 is 22.0 Å². The molecule has 1 atom stereocenters. The lowest BCUT2D eigenvalue weighted by molar-refractivity contribution is -0.135. The quantitative estimate of drug-likeness (QED) is 0.649. The van der Waals surface area contributed by atoms with Crippen LogP contribution in [0, 0.1) is 19.8 Å². The van der Waals surface area contributed by atoms with Crippen molar-refractivity contribution in [3.8, 4) is 0 Å². The highest BCUT2D eigenvalue weighted by atomic mass is 32.2. The highest BCUT2D eigenvalue weighted by molar-refractivity contribution is 7.89. The molecular formula is C22H33N5O5S. The molecule has 2 aromatic heterocycles. The highest BCUT2D eigenvalue weighted by Gasteiger charge is 2.36. The number of piperazine rings is 1. The Kier molecular flexibility index (Phi) is 7.32. The lowest BCUT2D eigenvalue weighted by atomic mass is 10.0. The van der Waals surface area contributed by atoms with E-state index in [9.17, 15) is 18.0 Å². The zero-order valence-electron chi connectivity index (χ0n) is 20.0. The largest absolute Gasteiger partial charge is 0.459 e. The fourth-order valence-electron chi connectivity index (χ4n) is 4.13. The molecule has 0 spiro atoms. The van der Waals surface area contributed by atoms with Gasteiger partial charge in [0.05, 0.1) is 17.7 Å². The first-order valence-electron chi connectivity index (χ1n) is 11.1. The number of furan rings is 1. The molecule has 0 saturated carbocycles. The van der Waals surface area contributed by atoms with Crippen LogP contribution in [0.25, 0.3) is 0 Å². The number of carbonyl (C=O) groups excluding carboxylic acids is 2. The van der Waals surface area contributed by atoms with Crippen LogP contribution in [0.3, 0.4) is 0 Å². The average molecular weight is 480 g/mol. The van der Waals surface area contributed by atoms with Crippen LogP contribution in [-0.4, -0.2) is 71.4 Å². The fraction of sp³-hybridized carbons (Fsp3) is 0.591. The lowest BCUT2D eigenvalue weighted by Gasteiger charge is -2.36. The summed E-state index contributed by atoms with van der Waals surface area (Å²) in [7, 11) is -3.74. The van der Waals surface area contributed by atoms with Crippen molar-refractivity contribution in [1.82, 2.24) is 24.3 Å². The second kappa shape index (κ2) is 9.68. The number of hydrogen-bond donors (Lipinski definition) is 1. The highest BCUT2D eigenvalue weighted by Crippen LogP contribution is 2.26. The van der Waals surface area contributed by atoms with Crippen molar-refractivity contribution in [3.05, 3.63) is 35.5 Å². The molecule has 1 fully saturated rings. The molecule has 2 aromatic rings. The maximum Gasteiger partial charge on any atom is 0.287 e. The smallest absolute Gasteiger partial charge is 0.287 e. The summed E-state index contributed by atoms with van der Waals surface area (Å²) in [5, 5.41) is 7.15. The molecule has 182 valence electrons. The Morgan fingerprint density at radius 2 is 1.73 bits per heavy atom. The van der Waals surface area contributed by atoms with Gasteiger partial charge >= 0.3 is 0 Å². The van der Waals surface area contributed by atoms with Crippen molar-refractivity contribution in [3.63, 3.8) is 0 Å². The SMILES string of the molecule is Cc1nn(C(C)C)c(C)c1S(=O)(=O)N1CCN(C(=O)[C@@H](NC(=O)c2ccco2)C(C)C)CC1. The molecule has 0 aliphatic carbocycles. The average Bonchev–Trinajstić information content (AvgIpc) is 3.39. The third-order valence-corrected chi connectivity index (χ3v) is 8.01. The Bertz CT molecular complexity index is 1100. The third-order valence-electron chi connectivity index (χ3n) is 5.86. The van der Waals surface area contributed by atoms with Crippen LogP contribution in [0.2, 0.25) is 0 Å². The topological polar surface area (TPSA) is 118 Å². The van der Waals surface area contributed by atoms with E-state index in [0.29, 0.717) is 11.4 Å². The van der Waals surface area contributed by atoms with Crippen LogP contribution in [0.1, 0.15) is 55.7 Å². The molecule has 10 nitrogen and oxygen atoms in total. The van der Waals surface area contributed by atoms with Gasteiger partial charge in [-0.1, -0.05) is 13.8 Å². The summed E-state index contributed by atoms with van der Waals surface area (Å²) in [6, 6.07) is 2.45. The van der Waals surface area contributed by atoms with E-state index in [2.05, 4.69) is 10.4 Å². The van der Waals surface area contributed by atoms with E-state index in [1.54, 1.807) is 29.5 Å². The summed E-state index contributed by atoms with van der Waals surface area (Å²) < 4.78 is 35.0. The van der Waals surface area contributed by atoms with E-state index in [1.807, 2.05) is 27.7 Å². The van der Waals surface area contributed by atoms with Crippen molar-refractivity contribution in [2.45, 2.75) is 58.5 Å². The van der Waals surface area contributed by atoms with Gasteiger partial charge < -0.3 is 14.6 Å². The fourth-order valence-corrected chi connectivity index (χ4v) is 5.92. The number of hydrogen-bond acceptors (Lipinski definition) is 6. The molecular weight excluding hydrogens is 446 g/mol. The molecule has 0 radical (unpaired) electrons. The molecule has 3 rings (SSSR count). The predicted molar refractivity (Wildman–Crippen MR) is 122 cm³/mol. The minimum Gasteiger partial charge on any atom is -0.459 e. The summed E-state index contributed by atoms with van der Waals surface area (Å²) in [4.78, 5) is 27.4. The molecule has 3 heterocycles. The predicted octanol–water partition coefficient (Wildman–Crippen LogP) is 1.96. The van der Waals surface area contributed by atoms with E-state index in [0.717, 1.165) is 0 Å². The lowest BCUT2D eigenvalue weighted by Crippen LogP contribution is -2.57. The Morgan fingerprint density at radius 3 is 2.21 bits per heavy atom. The van der Waals surface area contributed by atoms with E-state index in [4.69, 9.17) is 4.42 Å². The minimum absolute atomic E-state index is 0.0477. The number of amides is 2. The van der Waals surface area contributed by atoms with Crippen molar-refractivity contribution in [2.75, 3.05) is 26.2 Å². The van der Waals surface area contributed by atoms with Crippen LogP contribution in [0.5, 0.6) is 0 Å². The van der Waals surface area contributed by atoms with Gasteiger partial charge in [0.15, 0.2) is 5.76 Å². The normalized spacial score (nSPS) is 16.4. The molecule has 1 N–H and O–H groups in total. The molecule has 11 heteroatoms. The second-order valence-electron chi connectivity index (χ2n) is 8.94. The van der Waals surface area contributed by atoms with E-state index in [-0.39, 0.29) is 54.7 Å². The van der Waals surface area contributed by atoms with Crippen LogP contribution in [-0.2, 0) is 14.8 Å². The molecule has 1 saturated heterocycles. The molecule has 1 aliphatic rings. The van der Waals surface area contributed by atoms with E-state index >= 15 is 0 Å². The molecule has 2 amide bonds. The summed E-state index contributed by atoms with van der Waals surface area (Å²) >= 11 is 0. The van der Waals surface area contributed by atoms with Gasteiger partial charge in [0.25, 0.3) is 5.91 Å². The summed E-state index contributed by atoms with van der Waals surface area (Å²) in [6.07, 6.45) is 1.40. The van der Waals surface area contributed by atoms with Crippen molar-refractivity contribution < 1.29 is 22.4 Å². The Balaban J connectivity index is 1.70. The van der Waals surface area contributed by atoms with Crippen molar-refractivity contribution in [1.29, 1.82) is 0 Å². The van der Waals surface area contributed by atoms with Gasteiger partial charge in [0, 0.05) is 32.2 Å². The third kappa shape index (κ3) is 4.98. The molecule has 0 aromatic carbocycles. The Morgan fingerprint density at radius 1 is 1.09 bits per heavy atom. The monoisotopic (exact) mass is 479 g/mol. The van der Waals surface area contributed by atoms with Gasteiger partial charge in [-0.25, -0.2) is 8.42 Å². The van der Waals surface area contributed by atoms with Crippen LogP contribution < -0.4 is 5.32 Å². The Labute approximate surface area is 195 Å². The summed E-state index contributed by atoms with van der Waals surface area (Å²) in [5.41, 5.74) is 1.08. The summed E-state index contributed by atoms with van der Waals surface area (Å²) in [5.74, 6) is -0.703. The number of aryl methyl sites for hydroxylation is 1. The van der Waals surface area contributed by atoms with Gasteiger partial charge in [-0.2, -0.15) is 9.40 Å². The van der Waals surface area contributed by atoms with Gasteiger partial charge in [0.1, 0.15) is 10.9 Å². The second-order valence-corrected chi connectivity index (χ2v) is 10.8. The van der Waals surface area contributed by atoms with Gasteiger partial charge in [-0.3, -0.25) is 14.3 Å². The van der Waals surface area contributed by atoms with Gasteiger partial charge in [0.2, 0.25) is 15.9 Å². The molecule has 0 unspecified atom stereocenters. The van der Waals surface area contributed by atoms with Gasteiger partial charge in [-0.05, 0) is 45.7 Å². The number of sulfonamides is 1. The first kappa shape index (κ1) is 25.0. The number of nitrogens with one attached hydrogen (secondary N) is 1. The zero-order chi connectivity index (χ0) is 24.5. The summed E-state index contributed by atoms with van der Waals surface area (Å²) in [6.45, 7) is 11.9. The number of aromatic nitrogens is 2. The van der Waals surface area contributed by atoms with Gasteiger partial charge in [-0.15, -0.1) is 0 Å². The van der Waals surface area contributed by atoms with E-state index in [1.165, 1.54) is 16.6 Å². The molecule has 33 heavy (non-hydrogen) atoms. The van der Waals surface area contributed by atoms with Crippen LogP contribution in [0.15, 0.2) is 27.7 Å². The van der Waals surface area contributed by atoms with Crippen molar-refractivity contribution in [2.24, 2.45) is 5.92 Å². The molecule has 0 bridgehead atoms. The first-order chi connectivity index (χ1) is 15.4. The Hall–Kier alpha value is -2.66. The minimum atomic E-state index is -3.74. The zero-order valence-corrected chi connectivity index (χ0v) is 20.8. The standard InChI is InChI=1S/C22H33N5O5S/c1-14(2)19(23-21(28)18-8-7-13-32-18)22(29)25-9-11-26(12-10-25)33(30,31)20-16(5)24-27(15(3)4)17(20)6/h7-8,13-15,19H,9-12H2,1-6H3,(H,23,28)/t19-/m0/s1. The van der Waals surface area contributed by atoms with Crippen molar-refractivity contribution >= 4 is 21.8 Å². The first-order valence-corrected chi connectivity index (χ1v) is 12.6. The number of rotatable bonds is 7. The maximum atomic E-state index is 13.4. The number of carbonyl (C=O) groups is 2. The maximum absolute atomic E-state index is 13.4. The van der Waals surface area contributed by atoms with Crippen LogP contribution >= 0.6 is 0 Å².